The molecule has 1 N–H and O–H groups in total. The second kappa shape index (κ2) is 6.79. The van der Waals surface area contributed by atoms with Gasteiger partial charge in [0.15, 0.2) is 0 Å². The van der Waals surface area contributed by atoms with Crippen LogP contribution in [-0.4, -0.2) is 15.5 Å². The third-order valence-corrected chi connectivity index (χ3v) is 4.37. The fourth-order valence-electron chi connectivity index (χ4n) is 2.38. The number of amides is 1. The fourth-order valence-corrected chi connectivity index (χ4v) is 3.01. The first-order valence-corrected chi connectivity index (χ1v) is 8.08. The predicted octanol–water partition coefficient (Wildman–Crippen LogP) is 4.13. The minimum Gasteiger partial charge on any atom is -0.345 e. The van der Waals surface area contributed by atoms with Crippen molar-refractivity contribution in [2.45, 2.75) is 13.0 Å². The number of carbonyl (C=O) groups excluding carboxylic acids is 1. The normalized spacial score (nSPS) is 11.9. The van der Waals surface area contributed by atoms with Crippen molar-refractivity contribution in [3.05, 3.63) is 82.9 Å². The van der Waals surface area contributed by atoms with E-state index in [2.05, 4.69) is 26.2 Å². The summed E-state index contributed by atoms with van der Waals surface area (Å²) in [5.41, 5.74) is 2.65. The van der Waals surface area contributed by atoms with Gasteiger partial charge in [-0.3, -0.25) is 4.79 Å². The molecule has 0 saturated carbocycles. The highest BCUT2D eigenvalue weighted by Gasteiger charge is 2.13. The summed E-state index contributed by atoms with van der Waals surface area (Å²) in [5.74, 6) is -0.0922. The van der Waals surface area contributed by atoms with Crippen LogP contribution in [0.1, 0.15) is 28.9 Å². The van der Waals surface area contributed by atoms with Crippen molar-refractivity contribution < 1.29 is 4.79 Å². The average molecular weight is 370 g/mol. The molecule has 0 saturated heterocycles. The van der Waals surface area contributed by atoms with Gasteiger partial charge in [0.25, 0.3) is 5.91 Å². The number of rotatable bonds is 4. The van der Waals surface area contributed by atoms with Crippen LogP contribution in [0.25, 0.3) is 5.69 Å². The quantitative estimate of drug-likeness (QED) is 0.751. The summed E-state index contributed by atoms with van der Waals surface area (Å²) in [6.45, 7) is 1.97. The maximum atomic E-state index is 12.4. The molecule has 23 heavy (non-hydrogen) atoms. The van der Waals surface area contributed by atoms with Gasteiger partial charge in [-0.05, 0) is 42.8 Å². The van der Waals surface area contributed by atoms with Gasteiger partial charge in [0.1, 0.15) is 0 Å². The van der Waals surface area contributed by atoms with E-state index in [1.165, 1.54) is 0 Å². The monoisotopic (exact) mass is 369 g/mol. The standard InChI is InChI=1S/C18H16BrN3O/c1-13(16-4-2-3-5-17(16)19)21-18(23)14-6-8-15(9-7-14)22-11-10-20-12-22/h2-13H,1H3,(H,21,23). The summed E-state index contributed by atoms with van der Waals surface area (Å²) in [7, 11) is 0. The summed E-state index contributed by atoms with van der Waals surface area (Å²) >= 11 is 3.51. The molecule has 1 aromatic heterocycles. The average Bonchev–Trinajstić information content (AvgIpc) is 3.09. The van der Waals surface area contributed by atoms with Gasteiger partial charge in [-0.2, -0.15) is 0 Å². The molecule has 2 aromatic carbocycles. The molecule has 1 heterocycles. The molecule has 0 aliphatic carbocycles. The Morgan fingerprint density at radius 3 is 2.57 bits per heavy atom. The first-order valence-electron chi connectivity index (χ1n) is 7.29. The van der Waals surface area contributed by atoms with Gasteiger partial charge < -0.3 is 9.88 Å². The van der Waals surface area contributed by atoms with Crippen LogP contribution < -0.4 is 5.32 Å². The summed E-state index contributed by atoms with van der Waals surface area (Å²) in [6.07, 6.45) is 5.31. The summed E-state index contributed by atoms with van der Waals surface area (Å²) < 4.78 is 2.88. The van der Waals surface area contributed by atoms with Crippen LogP contribution in [0.4, 0.5) is 0 Å². The number of benzene rings is 2. The highest BCUT2D eigenvalue weighted by atomic mass is 79.9. The number of imidazole rings is 1. The number of nitrogens with one attached hydrogen (secondary N) is 1. The smallest absolute Gasteiger partial charge is 0.251 e. The molecule has 3 rings (SSSR count). The molecule has 0 radical (unpaired) electrons. The summed E-state index contributed by atoms with van der Waals surface area (Å²) in [4.78, 5) is 16.4. The lowest BCUT2D eigenvalue weighted by atomic mass is 10.1. The van der Waals surface area contributed by atoms with Crippen LogP contribution in [0.15, 0.2) is 71.7 Å². The second-order valence-corrected chi connectivity index (χ2v) is 6.09. The Labute approximate surface area is 143 Å². The Bertz CT molecular complexity index is 797. The van der Waals surface area contributed by atoms with Crippen molar-refractivity contribution >= 4 is 21.8 Å². The molecule has 116 valence electrons. The van der Waals surface area contributed by atoms with Crippen LogP contribution in [0.5, 0.6) is 0 Å². The van der Waals surface area contributed by atoms with Gasteiger partial charge in [0.2, 0.25) is 0 Å². The number of hydrogen-bond acceptors (Lipinski definition) is 2. The molecule has 1 unspecified atom stereocenters. The van der Waals surface area contributed by atoms with E-state index >= 15 is 0 Å². The molecule has 1 atom stereocenters. The first kappa shape index (κ1) is 15.5. The zero-order valence-electron chi connectivity index (χ0n) is 12.6. The zero-order valence-corrected chi connectivity index (χ0v) is 14.2. The molecule has 3 aromatic rings. The van der Waals surface area contributed by atoms with E-state index in [9.17, 15) is 4.79 Å². The lowest BCUT2D eigenvalue weighted by Crippen LogP contribution is -2.26. The Morgan fingerprint density at radius 1 is 1.17 bits per heavy atom. The summed E-state index contributed by atoms with van der Waals surface area (Å²) in [6, 6.07) is 15.2. The van der Waals surface area contributed by atoms with Crippen LogP contribution >= 0.6 is 15.9 Å². The Morgan fingerprint density at radius 2 is 1.91 bits per heavy atom. The van der Waals surface area contributed by atoms with Crippen molar-refractivity contribution in [2.24, 2.45) is 0 Å². The number of nitrogens with zero attached hydrogens (tertiary/aromatic N) is 2. The highest BCUT2D eigenvalue weighted by molar-refractivity contribution is 9.10. The Hall–Kier alpha value is -2.40. The number of hydrogen-bond donors (Lipinski definition) is 1. The van der Waals surface area contributed by atoms with E-state index in [-0.39, 0.29) is 11.9 Å². The molecule has 0 spiro atoms. The van der Waals surface area contributed by atoms with E-state index in [1.807, 2.05) is 66.2 Å². The third kappa shape index (κ3) is 3.51. The van der Waals surface area contributed by atoms with E-state index in [0.717, 1.165) is 15.7 Å². The zero-order chi connectivity index (χ0) is 16.2. The van der Waals surface area contributed by atoms with Gasteiger partial charge in [0.05, 0.1) is 12.4 Å². The molecule has 0 bridgehead atoms. The van der Waals surface area contributed by atoms with Gasteiger partial charge >= 0.3 is 0 Å². The summed E-state index contributed by atoms with van der Waals surface area (Å²) in [5, 5.41) is 3.02. The third-order valence-electron chi connectivity index (χ3n) is 3.65. The number of aromatic nitrogens is 2. The van der Waals surface area contributed by atoms with Crippen molar-refractivity contribution in [2.75, 3.05) is 0 Å². The molecular weight excluding hydrogens is 354 g/mol. The van der Waals surface area contributed by atoms with Gasteiger partial charge in [-0.25, -0.2) is 4.98 Å². The molecule has 5 heteroatoms. The van der Waals surface area contributed by atoms with Crippen LogP contribution in [-0.2, 0) is 0 Å². The SMILES string of the molecule is CC(NC(=O)c1ccc(-n2ccnc2)cc1)c1ccccc1Br. The Balaban J connectivity index is 1.72. The lowest BCUT2D eigenvalue weighted by Gasteiger charge is -2.16. The molecule has 1 amide bonds. The van der Waals surface area contributed by atoms with E-state index in [4.69, 9.17) is 0 Å². The molecule has 4 nitrogen and oxygen atoms in total. The van der Waals surface area contributed by atoms with Crippen LogP contribution in [0.3, 0.4) is 0 Å². The van der Waals surface area contributed by atoms with Gasteiger partial charge in [-0.15, -0.1) is 0 Å². The van der Waals surface area contributed by atoms with Crippen molar-refractivity contribution in [3.8, 4) is 5.69 Å². The molecule has 0 aliphatic heterocycles. The lowest BCUT2D eigenvalue weighted by molar-refractivity contribution is 0.0940. The van der Waals surface area contributed by atoms with Gasteiger partial charge in [0, 0.05) is 28.1 Å². The molecule has 0 fully saturated rings. The van der Waals surface area contributed by atoms with E-state index in [0.29, 0.717) is 5.56 Å². The largest absolute Gasteiger partial charge is 0.345 e. The van der Waals surface area contributed by atoms with Crippen LogP contribution in [0, 0.1) is 0 Å². The first-order chi connectivity index (χ1) is 11.1. The maximum Gasteiger partial charge on any atom is 0.251 e. The van der Waals surface area contributed by atoms with Crippen molar-refractivity contribution in [1.29, 1.82) is 0 Å². The highest BCUT2D eigenvalue weighted by Crippen LogP contribution is 2.23. The minimum absolute atomic E-state index is 0.0774. The predicted molar refractivity (Wildman–Crippen MR) is 93.6 cm³/mol. The number of halogens is 1. The minimum atomic E-state index is -0.0922. The number of carbonyl (C=O) groups is 1. The van der Waals surface area contributed by atoms with E-state index in [1.54, 1.807) is 12.5 Å². The topological polar surface area (TPSA) is 46.9 Å². The molecule has 0 aliphatic rings. The molecular formula is C18H16BrN3O. The Kier molecular flexibility index (Phi) is 4.57. The van der Waals surface area contributed by atoms with E-state index < -0.39 is 0 Å². The second-order valence-electron chi connectivity index (χ2n) is 5.23. The fraction of sp³-hybridized carbons (Fsp3) is 0.111. The maximum absolute atomic E-state index is 12.4. The van der Waals surface area contributed by atoms with Crippen LogP contribution in [0.2, 0.25) is 0 Å². The van der Waals surface area contributed by atoms with Gasteiger partial charge in [-0.1, -0.05) is 34.1 Å². The van der Waals surface area contributed by atoms with Crippen molar-refractivity contribution in [3.63, 3.8) is 0 Å². The van der Waals surface area contributed by atoms with Crippen molar-refractivity contribution in [1.82, 2.24) is 14.9 Å².